The van der Waals surface area contributed by atoms with Crippen molar-refractivity contribution in [2.24, 2.45) is 28.5 Å². The fourth-order valence-electron chi connectivity index (χ4n) is 4.97. The first-order valence-corrected chi connectivity index (χ1v) is 10.6. The Morgan fingerprint density at radius 1 is 1.35 bits per heavy atom. The van der Waals surface area contributed by atoms with Gasteiger partial charge in [-0.3, -0.25) is 15.6 Å². The molecule has 4 rings (SSSR count). The van der Waals surface area contributed by atoms with Crippen LogP contribution in [0.1, 0.15) is 45.9 Å². The van der Waals surface area contributed by atoms with Gasteiger partial charge in [0.25, 0.3) is 0 Å². The highest BCUT2D eigenvalue weighted by atomic mass is 19.4. The molecule has 2 aliphatic heterocycles. The van der Waals surface area contributed by atoms with Gasteiger partial charge in [-0.15, -0.1) is 10.2 Å². The van der Waals surface area contributed by atoms with E-state index in [2.05, 4.69) is 40.9 Å². The number of nitrogens with two attached hydrogens (primary N) is 1. The van der Waals surface area contributed by atoms with Crippen molar-refractivity contribution in [3.8, 4) is 0 Å². The van der Waals surface area contributed by atoms with Crippen LogP contribution in [-0.4, -0.2) is 58.1 Å². The van der Waals surface area contributed by atoms with Gasteiger partial charge in [0, 0.05) is 6.21 Å². The Balaban J connectivity index is 1.86. The third-order valence-corrected chi connectivity index (χ3v) is 6.75. The second kappa shape index (κ2) is 8.09. The van der Waals surface area contributed by atoms with Crippen LogP contribution in [0, 0.1) is 17.8 Å². The summed E-state index contributed by atoms with van der Waals surface area (Å²) in [6, 6.07) is 0. The molecule has 1 saturated heterocycles. The zero-order chi connectivity index (χ0) is 22.4. The fourth-order valence-corrected chi connectivity index (χ4v) is 4.97. The van der Waals surface area contributed by atoms with Gasteiger partial charge in [0.05, 0.1) is 13.2 Å². The summed E-state index contributed by atoms with van der Waals surface area (Å²) < 4.78 is 53.0. The lowest BCUT2D eigenvalue weighted by atomic mass is 9.65. The predicted molar refractivity (Wildman–Crippen MR) is 106 cm³/mol. The Kier molecular flexibility index (Phi) is 5.76. The Morgan fingerprint density at radius 3 is 2.65 bits per heavy atom. The van der Waals surface area contributed by atoms with Crippen molar-refractivity contribution in [2.45, 2.75) is 64.1 Å². The highest BCUT2D eigenvalue weighted by molar-refractivity contribution is 5.82. The average Bonchev–Trinajstić information content (AvgIpc) is 3.20. The molecule has 0 spiro atoms. The van der Waals surface area contributed by atoms with Crippen LogP contribution in [0.4, 0.5) is 13.2 Å². The molecule has 4 atom stereocenters. The standard InChI is InChI=1S/C20H29F3N6O2/c1-11(2)14-6-19(5-4-12(14)3,17-26-10-27-28-17)29-16(31-13-8-30-9-13)15(20(21,22)23)7-25-18(29)24/h7,10-14,18H,4-6,8-9,24H2,1-3H3,(H,26,27,28). The minimum atomic E-state index is -4.65. The number of H-pyrrole nitrogens is 1. The van der Waals surface area contributed by atoms with Gasteiger partial charge >= 0.3 is 6.18 Å². The van der Waals surface area contributed by atoms with E-state index in [1.54, 1.807) is 0 Å². The normalized spacial score (nSPS) is 32.5. The first-order valence-electron chi connectivity index (χ1n) is 10.6. The number of halogens is 3. The van der Waals surface area contributed by atoms with Gasteiger partial charge in [0.1, 0.15) is 23.5 Å². The summed E-state index contributed by atoms with van der Waals surface area (Å²) >= 11 is 0. The number of hydrogen-bond donors (Lipinski definition) is 2. The average molecular weight is 442 g/mol. The topological polar surface area (TPSA) is 102 Å². The molecule has 3 heterocycles. The number of rotatable bonds is 5. The van der Waals surface area contributed by atoms with E-state index in [1.807, 2.05) is 0 Å². The number of nitrogens with zero attached hydrogens (tertiary/aromatic N) is 4. The Morgan fingerprint density at radius 2 is 2.10 bits per heavy atom. The summed E-state index contributed by atoms with van der Waals surface area (Å²) in [7, 11) is 0. The number of aromatic amines is 1. The van der Waals surface area contributed by atoms with Crippen LogP contribution in [0.3, 0.4) is 0 Å². The van der Waals surface area contributed by atoms with E-state index in [1.165, 1.54) is 11.2 Å². The molecular weight excluding hydrogens is 413 g/mol. The van der Waals surface area contributed by atoms with Gasteiger partial charge in [0.2, 0.25) is 5.88 Å². The van der Waals surface area contributed by atoms with Gasteiger partial charge in [0.15, 0.2) is 12.1 Å². The second-order valence-electron chi connectivity index (χ2n) is 9.05. The van der Waals surface area contributed by atoms with E-state index in [0.717, 1.165) is 12.6 Å². The molecule has 1 aromatic heterocycles. The largest absolute Gasteiger partial charge is 0.470 e. The van der Waals surface area contributed by atoms with E-state index in [9.17, 15) is 13.2 Å². The van der Waals surface area contributed by atoms with Crippen molar-refractivity contribution in [2.75, 3.05) is 13.2 Å². The van der Waals surface area contributed by atoms with Crippen LogP contribution < -0.4 is 5.73 Å². The lowest BCUT2D eigenvalue weighted by molar-refractivity contribution is -0.153. The summed E-state index contributed by atoms with van der Waals surface area (Å²) in [5.41, 5.74) is 4.44. The summed E-state index contributed by atoms with van der Waals surface area (Å²) in [6.07, 6.45) is -2.04. The number of alkyl halides is 3. The molecule has 0 amide bonds. The third kappa shape index (κ3) is 3.93. The zero-order valence-corrected chi connectivity index (χ0v) is 17.9. The van der Waals surface area contributed by atoms with Crippen molar-refractivity contribution in [1.82, 2.24) is 20.1 Å². The van der Waals surface area contributed by atoms with Crippen LogP contribution in [0.5, 0.6) is 0 Å². The molecule has 1 saturated carbocycles. The van der Waals surface area contributed by atoms with Gasteiger partial charge in [-0.2, -0.15) is 13.2 Å². The summed E-state index contributed by atoms with van der Waals surface area (Å²) in [4.78, 5) is 8.53. The van der Waals surface area contributed by atoms with E-state index in [4.69, 9.17) is 15.2 Å². The predicted octanol–water partition coefficient (Wildman–Crippen LogP) is 2.91. The van der Waals surface area contributed by atoms with Crippen LogP contribution in [-0.2, 0) is 15.0 Å². The Labute approximate surface area is 179 Å². The zero-order valence-electron chi connectivity index (χ0n) is 17.9. The first kappa shape index (κ1) is 22.1. The van der Waals surface area contributed by atoms with Gasteiger partial charge < -0.3 is 14.5 Å². The Bertz CT molecular complexity index is 836. The highest BCUT2D eigenvalue weighted by Crippen LogP contribution is 2.51. The van der Waals surface area contributed by atoms with Gasteiger partial charge in [-0.1, -0.05) is 20.8 Å². The number of aromatic nitrogens is 3. The highest BCUT2D eigenvalue weighted by Gasteiger charge is 2.54. The van der Waals surface area contributed by atoms with E-state index >= 15 is 0 Å². The maximum Gasteiger partial charge on any atom is 0.422 e. The SMILES string of the molecule is CC(C)C1CC(c2nnc[nH]2)(N2C(OC3COC3)=C(C(F)(F)F)C=NC2N)CCC1C. The molecule has 0 aromatic carbocycles. The van der Waals surface area contributed by atoms with Crippen molar-refractivity contribution < 1.29 is 22.6 Å². The summed E-state index contributed by atoms with van der Waals surface area (Å²) in [5, 5.41) is 8.16. The molecule has 0 bridgehead atoms. The molecule has 11 heteroatoms. The number of ether oxygens (including phenoxy) is 2. The van der Waals surface area contributed by atoms with E-state index < -0.39 is 29.7 Å². The molecule has 1 aliphatic carbocycles. The van der Waals surface area contributed by atoms with E-state index in [0.29, 0.717) is 30.5 Å². The van der Waals surface area contributed by atoms with Crippen molar-refractivity contribution in [3.63, 3.8) is 0 Å². The van der Waals surface area contributed by atoms with Crippen LogP contribution in [0.2, 0.25) is 0 Å². The number of hydrogen-bond acceptors (Lipinski definition) is 7. The molecule has 31 heavy (non-hydrogen) atoms. The summed E-state index contributed by atoms with van der Waals surface area (Å²) in [5.74, 6) is 1.16. The molecule has 1 aromatic rings. The van der Waals surface area contributed by atoms with Crippen molar-refractivity contribution in [1.29, 1.82) is 0 Å². The lowest BCUT2D eigenvalue weighted by Gasteiger charge is -2.53. The number of allylic oxidation sites excluding steroid dienone is 1. The van der Waals surface area contributed by atoms with Crippen LogP contribution in [0.15, 0.2) is 22.8 Å². The monoisotopic (exact) mass is 442 g/mol. The molecular formula is C20H29F3N6O2. The molecule has 172 valence electrons. The number of aliphatic imine (C=N–C) groups is 1. The second-order valence-corrected chi connectivity index (χ2v) is 9.05. The molecule has 2 fully saturated rings. The maximum absolute atomic E-state index is 14.0. The maximum atomic E-state index is 14.0. The minimum absolute atomic E-state index is 0.232. The van der Waals surface area contributed by atoms with E-state index in [-0.39, 0.29) is 25.0 Å². The minimum Gasteiger partial charge on any atom is -0.470 e. The van der Waals surface area contributed by atoms with Crippen molar-refractivity contribution in [3.05, 3.63) is 23.6 Å². The first-order chi connectivity index (χ1) is 14.6. The van der Waals surface area contributed by atoms with Crippen LogP contribution >= 0.6 is 0 Å². The fraction of sp³-hybridized carbons (Fsp3) is 0.750. The summed E-state index contributed by atoms with van der Waals surface area (Å²) in [6.45, 7) is 6.91. The van der Waals surface area contributed by atoms with Crippen molar-refractivity contribution >= 4 is 6.21 Å². The van der Waals surface area contributed by atoms with Gasteiger partial charge in [-0.25, -0.2) is 0 Å². The smallest absolute Gasteiger partial charge is 0.422 e. The quantitative estimate of drug-likeness (QED) is 0.727. The molecule has 0 radical (unpaired) electrons. The van der Waals surface area contributed by atoms with Gasteiger partial charge in [-0.05, 0) is 37.0 Å². The lowest BCUT2D eigenvalue weighted by Crippen LogP contribution is -2.60. The molecule has 3 N–H and O–H groups in total. The Hall–Kier alpha value is -2.14. The third-order valence-electron chi connectivity index (χ3n) is 6.75. The molecule has 4 unspecified atom stereocenters. The number of nitrogens with one attached hydrogen (secondary N) is 1. The van der Waals surface area contributed by atoms with Crippen LogP contribution in [0.25, 0.3) is 0 Å². The molecule has 8 nitrogen and oxygen atoms in total. The molecule has 3 aliphatic rings.